The first kappa shape index (κ1) is 21.9. The van der Waals surface area contributed by atoms with Crippen molar-refractivity contribution in [3.63, 3.8) is 0 Å². The first-order valence-corrected chi connectivity index (χ1v) is 13.6. The van der Waals surface area contributed by atoms with Crippen molar-refractivity contribution in [1.29, 1.82) is 0 Å². The number of rotatable bonds is 2. The second-order valence-electron chi connectivity index (χ2n) is 9.72. The third-order valence-corrected chi connectivity index (χ3v) is 8.66. The summed E-state index contributed by atoms with van der Waals surface area (Å²) in [5.41, 5.74) is 7.00. The lowest BCUT2D eigenvalue weighted by Gasteiger charge is -2.12. The van der Waals surface area contributed by atoms with Crippen LogP contribution in [0.1, 0.15) is 0 Å². The number of aromatic nitrogens is 2. The molecule has 0 saturated carbocycles. The normalized spacial score (nSPS) is 11.6. The maximum absolute atomic E-state index is 7.40. The van der Waals surface area contributed by atoms with E-state index in [4.69, 9.17) is 16.5 Å². The molecular formula is C35H19N3S. The molecule has 8 rings (SSSR count). The fourth-order valence-electron chi connectivity index (χ4n) is 5.63. The first-order chi connectivity index (χ1) is 19.3. The minimum Gasteiger partial charge on any atom is -0.256 e. The maximum Gasteiger partial charge on any atom is 0.187 e. The van der Waals surface area contributed by atoms with Gasteiger partial charge in [-0.05, 0) is 52.2 Å². The van der Waals surface area contributed by atoms with Gasteiger partial charge in [-0.15, -0.1) is 11.3 Å². The summed E-state index contributed by atoms with van der Waals surface area (Å²) in [7, 11) is 0. The highest BCUT2D eigenvalue weighted by molar-refractivity contribution is 7.25. The molecule has 0 aliphatic rings. The van der Waals surface area contributed by atoms with Crippen LogP contribution in [0.3, 0.4) is 0 Å². The van der Waals surface area contributed by atoms with Gasteiger partial charge >= 0.3 is 0 Å². The van der Waals surface area contributed by atoms with Gasteiger partial charge in [-0.1, -0.05) is 78.9 Å². The molecule has 3 nitrogen and oxygen atoms in total. The van der Waals surface area contributed by atoms with Crippen LogP contribution in [-0.2, 0) is 0 Å². The quantitative estimate of drug-likeness (QED) is 0.170. The van der Waals surface area contributed by atoms with Gasteiger partial charge in [-0.3, -0.25) is 4.98 Å². The van der Waals surface area contributed by atoms with Crippen LogP contribution in [0, 0.1) is 6.57 Å². The SMILES string of the molecule is [C-]#[N+]c1ccc2sc3ccc(-c4ccc(-c5nc6ccccc6c6c5ccc5cccnc56)cc4)cc3c2c1. The summed E-state index contributed by atoms with van der Waals surface area (Å²) in [6, 6.07) is 38.0. The Morgan fingerprint density at radius 3 is 2.26 bits per heavy atom. The Hall–Kier alpha value is -5.11. The van der Waals surface area contributed by atoms with Crippen molar-refractivity contribution in [3.8, 4) is 22.4 Å². The van der Waals surface area contributed by atoms with E-state index in [-0.39, 0.29) is 0 Å². The number of thiophene rings is 1. The van der Waals surface area contributed by atoms with Crippen LogP contribution < -0.4 is 0 Å². The van der Waals surface area contributed by atoms with Crippen LogP contribution >= 0.6 is 11.3 Å². The second-order valence-corrected chi connectivity index (χ2v) is 10.8. The molecule has 180 valence electrons. The third-order valence-electron chi connectivity index (χ3n) is 7.51. The molecule has 0 aliphatic heterocycles. The van der Waals surface area contributed by atoms with Crippen LogP contribution in [0.5, 0.6) is 0 Å². The predicted molar refractivity (Wildman–Crippen MR) is 165 cm³/mol. The molecule has 8 aromatic rings. The zero-order valence-electron chi connectivity index (χ0n) is 20.7. The maximum atomic E-state index is 7.40. The van der Waals surface area contributed by atoms with E-state index >= 15 is 0 Å². The zero-order chi connectivity index (χ0) is 25.9. The number of nitrogens with zero attached hydrogens (tertiary/aromatic N) is 3. The van der Waals surface area contributed by atoms with E-state index in [0.29, 0.717) is 5.69 Å². The molecule has 0 aliphatic carbocycles. The number of para-hydroxylation sites is 1. The van der Waals surface area contributed by atoms with Crippen molar-refractivity contribution in [2.45, 2.75) is 0 Å². The Labute approximate surface area is 228 Å². The molecule has 0 spiro atoms. The van der Waals surface area contributed by atoms with Gasteiger partial charge in [0.25, 0.3) is 0 Å². The van der Waals surface area contributed by atoms with Crippen molar-refractivity contribution in [2.24, 2.45) is 0 Å². The van der Waals surface area contributed by atoms with Crippen LogP contribution in [-0.4, -0.2) is 9.97 Å². The molecule has 3 heterocycles. The van der Waals surface area contributed by atoms with Crippen molar-refractivity contribution in [1.82, 2.24) is 9.97 Å². The Morgan fingerprint density at radius 2 is 1.38 bits per heavy atom. The van der Waals surface area contributed by atoms with Crippen LogP contribution in [0.25, 0.3) is 80.0 Å². The average molecular weight is 514 g/mol. The van der Waals surface area contributed by atoms with Gasteiger partial charge in [-0.25, -0.2) is 9.83 Å². The third kappa shape index (κ3) is 3.41. The minimum atomic E-state index is 0.676. The average Bonchev–Trinajstić information content (AvgIpc) is 3.37. The van der Waals surface area contributed by atoms with Crippen LogP contribution in [0.2, 0.25) is 0 Å². The fraction of sp³-hybridized carbons (Fsp3) is 0. The molecule has 0 radical (unpaired) electrons. The summed E-state index contributed by atoms with van der Waals surface area (Å²) in [4.78, 5) is 13.5. The van der Waals surface area contributed by atoms with Gasteiger partial charge in [-0.2, -0.15) is 0 Å². The van der Waals surface area contributed by atoms with Crippen LogP contribution in [0.4, 0.5) is 5.69 Å². The number of pyridine rings is 2. The number of fused-ring (bicyclic) bond motifs is 8. The highest BCUT2D eigenvalue weighted by Gasteiger charge is 2.14. The number of benzene rings is 5. The summed E-state index contributed by atoms with van der Waals surface area (Å²) in [5.74, 6) is 0. The van der Waals surface area contributed by atoms with E-state index in [2.05, 4.69) is 89.8 Å². The summed E-state index contributed by atoms with van der Waals surface area (Å²) in [5, 5.41) is 6.84. The van der Waals surface area contributed by atoms with Crippen molar-refractivity contribution in [3.05, 3.63) is 127 Å². The van der Waals surface area contributed by atoms with E-state index in [9.17, 15) is 0 Å². The smallest absolute Gasteiger partial charge is 0.187 e. The molecule has 0 saturated heterocycles. The molecule has 3 aromatic heterocycles. The molecule has 0 bridgehead atoms. The Morgan fingerprint density at radius 1 is 0.615 bits per heavy atom. The zero-order valence-corrected chi connectivity index (χ0v) is 21.5. The highest BCUT2D eigenvalue weighted by atomic mass is 32.1. The van der Waals surface area contributed by atoms with E-state index in [1.807, 2.05) is 30.5 Å². The monoisotopic (exact) mass is 513 g/mol. The highest BCUT2D eigenvalue weighted by Crippen LogP contribution is 2.39. The fourth-order valence-corrected chi connectivity index (χ4v) is 6.70. The molecule has 0 amide bonds. The van der Waals surface area contributed by atoms with E-state index in [1.54, 1.807) is 11.3 Å². The largest absolute Gasteiger partial charge is 0.256 e. The van der Waals surface area contributed by atoms with Gasteiger partial charge < -0.3 is 0 Å². The molecule has 0 N–H and O–H groups in total. The lowest BCUT2D eigenvalue weighted by Crippen LogP contribution is -1.92. The minimum absolute atomic E-state index is 0.676. The number of hydrogen-bond acceptors (Lipinski definition) is 3. The van der Waals surface area contributed by atoms with E-state index in [1.165, 1.54) is 14.8 Å². The van der Waals surface area contributed by atoms with Gasteiger partial charge in [0.2, 0.25) is 0 Å². The Kier molecular flexibility index (Phi) is 4.75. The van der Waals surface area contributed by atoms with Gasteiger partial charge in [0.1, 0.15) is 0 Å². The second kappa shape index (κ2) is 8.46. The molecule has 4 heteroatoms. The molecule has 0 atom stereocenters. The summed E-state index contributed by atoms with van der Waals surface area (Å²) < 4.78 is 2.45. The standard InChI is InChI=1S/C35H19N3S/c1-36-25-14-17-32-29(20-25)28-19-24(13-16-31(28)39-32)21-8-10-23(11-9-21)34-27-15-12-22-5-4-18-37-35(22)33(27)26-6-2-3-7-30(26)38-34/h2-20H. The van der Waals surface area contributed by atoms with Crippen molar-refractivity contribution in [2.75, 3.05) is 0 Å². The van der Waals surface area contributed by atoms with Crippen LogP contribution in [0.15, 0.2) is 115 Å². The molecule has 0 fully saturated rings. The Bertz CT molecular complexity index is 2270. The van der Waals surface area contributed by atoms with Crippen molar-refractivity contribution < 1.29 is 0 Å². The lowest BCUT2D eigenvalue weighted by atomic mass is 9.96. The molecule has 0 unspecified atom stereocenters. The van der Waals surface area contributed by atoms with Gasteiger partial charge in [0.05, 0.1) is 23.3 Å². The lowest BCUT2D eigenvalue weighted by molar-refractivity contribution is 1.41. The summed E-state index contributed by atoms with van der Waals surface area (Å²) in [6.45, 7) is 7.40. The summed E-state index contributed by atoms with van der Waals surface area (Å²) >= 11 is 1.77. The van der Waals surface area contributed by atoms with Gasteiger partial charge in [0.15, 0.2) is 5.69 Å². The topological polar surface area (TPSA) is 30.1 Å². The molecule has 5 aromatic carbocycles. The van der Waals surface area contributed by atoms with Gasteiger partial charge in [0, 0.05) is 42.7 Å². The summed E-state index contributed by atoms with van der Waals surface area (Å²) in [6.07, 6.45) is 1.86. The molecule has 39 heavy (non-hydrogen) atoms. The van der Waals surface area contributed by atoms with E-state index < -0.39 is 0 Å². The van der Waals surface area contributed by atoms with Crippen molar-refractivity contribution >= 4 is 69.8 Å². The predicted octanol–water partition coefficient (Wildman–Crippen LogP) is 10.2. The number of hydrogen-bond donors (Lipinski definition) is 0. The Balaban J connectivity index is 1.29. The van der Waals surface area contributed by atoms with E-state index in [0.717, 1.165) is 60.3 Å². The molecular weight excluding hydrogens is 494 g/mol. The first-order valence-electron chi connectivity index (χ1n) is 12.8.